The van der Waals surface area contributed by atoms with Gasteiger partial charge in [0.25, 0.3) is 0 Å². The quantitative estimate of drug-likeness (QED) is 0.505. The van der Waals surface area contributed by atoms with Crippen LogP contribution in [0.15, 0.2) is 53.9 Å². The summed E-state index contributed by atoms with van der Waals surface area (Å²) >= 11 is 1.36. The van der Waals surface area contributed by atoms with E-state index in [0.717, 1.165) is 55.0 Å². The Morgan fingerprint density at radius 3 is 2.38 bits per heavy atom. The van der Waals surface area contributed by atoms with E-state index >= 15 is 0 Å². The van der Waals surface area contributed by atoms with Crippen molar-refractivity contribution in [2.24, 2.45) is 0 Å². The van der Waals surface area contributed by atoms with E-state index in [1.54, 1.807) is 0 Å². The van der Waals surface area contributed by atoms with Gasteiger partial charge < -0.3 is 10.1 Å². The molecule has 1 fully saturated rings. The second-order valence-electron chi connectivity index (χ2n) is 8.75. The summed E-state index contributed by atoms with van der Waals surface area (Å²) < 4.78 is 5.06. The zero-order valence-electron chi connectivity index (χ0n) is 20.0. The summed E-state index contributed by atoms with van der Waals surface area (Å²) in [4.78, 5) is 30.1. The van der Waals surface area contributed by atoms with E-state index in [0.29, 0.717) is 17.1 Å². The van der Waals surface area contributed by atoms with Crippen LogP contribution in [-0.2, 0) is 16.1 Å². The van der Waals surface area contributed by atoms with Crippen LogP contribution in [0.3, 0.4) is 0 Å². The molecule has 1 aliphatic rings. The lowest BCUT2D eigenvalue weighted by molar-refractivity contribution is -0.117. The molecule has 178 valence electrons. The molecule has 1 aromatic heterocycles. The molecule has 0 spiro atoms. The van der Waals surface area contributed by atoms with Crippen molar-refractivity contribution < 1.29 is 14.3 Å². The van der Waals surface area contributed by atoms with Crippen LogP contribution < -0.4 is 5.32 Å². The molecule has 1 saturated heterocycles. The van der Waals surface area contributed by atoms with Crippen molar-refractivity contribution in [2.45, 2.75) is 20.4 Å². The fourth-order valence-corrected chi connectivity index (χ4v) is 5.26. The fourth-order valence-electron chi connectivity index (χ4n) is 4.30. The second-order valence-corrected chi connectivity index (χ2v) is 9.63. The first-order valence-corrected chi connectivity index (χ1v) is 12.4. The van der Waals surface area contributed by atoms with Crippen molar-refractivity contribution in [3.05, 3.63) is 76.2 Å². The Labute approximate surface area is 205 Å². The van der Waals surface area contributed by atoms with Gasteiger partial charge in [0, 0.05) is 43.7 Å². The number of nitrogens with zero attached hydrogens (tertiary/aromatic N) is 2. The zero-order valence-corrected chi connectivity index (χ0v) is 20.8. The third-order valence-corrected chi connectivity index (χ3v) is 7.09. The summed E-state index contributed by atoms with van der Waals surface area (Å²) in [6.45, 7) is 8.79. The second kappa shape index (κ2) is 11.0. The van der Waals surface area contributed by atoms with Crippen molar-refractivity contribution in [3.8, 4) is 11.1 Å². The minimum atomic E-state index is -0.443. The number of hydrogen-bond donors (Lipinski definition) is 1. The number of piperazine rings is 1. The van der Waals surface area contributed by atoms with E-state index in [1.807, 2.05) is 37.4 Å². The summed E-state index contributed by atoms with van der Waals surface area (Å²) in [6, 6.07) is 16.6. The standard InChI is InChI=1S/C27H31N3O3S/c1-19-9-10-20(2)22(15-19)23-18-34-26(25(23)27(32)33-3)28-24(31)17-30-13-11-29(12-14-30)16-21-7-5-4-6-8-21/h4-10,15,18H,11-14,16-17H2,1-3H3,(H,28,31). The highest BCUT2D eigenvalue weighted by Gasteiger charge is 2.25. The van der Waals surface area contributed by atoms with Gasteiger partial charge in [-0.1, -0.05) is 54.1 Å². The van der Waals surface area contributed by atoms with Gasteiger partial charge in [0.15, 0.2) is 0 Å². The summed E-state index contributed by atoms with van der Waals surface area (Å²) in [7, 11) is 1.37. The Balaban J connectivity index is 1.40. The number of aryl methyl sites for hydroxylation is 2. The maximum absolute atomic E-state index is 12.9. The van der Waals surface area contributed by atoms with Crippen LogP contribution in [0.1, 0.15) is 27.0 Å². The Bertz CT molecular complexity index is 1150. The molecule has 6 nitrogen and oxygen atoms in total. The average Bonchev–Trinajstić information content (AvgIpc) is 3.25. The molecule has 3 aromatic rings. The van der Waals surface area contributed by atoms with E-state index in [9.17, 15) is 9.59 Å². The summed E-state index contributed by atoms with van der Waals surface area (Å²) in [5.41, 5.74) is 5.68. The molecule has 0 atom stereocenters. The maximum atomic E-state index is 12.9. The normalized spacial score (nSPS) is 14.7. The molecule has 0 aliphatic carbocycles. The van der Waals surface area contributed by atoms with Crippen LogP contribution in [0.4, 0.5) is 5.00 Å². The number of thiophene rings is 1. The van der Waals surface area contributed by atoms with Gasteiger partial charge in [-0.15, -0.1) is 11.3 Å². The molecule has 0 unspecified atom stereocenters. The molecule has 2 heterocycles. The van der Waals surface area contributed by atoms with Crippen molar-refractivity contribution >= 4 is 28.2 Å². The molecular weight excluding hydrogens is 446 g/mol. The highest BCUT2D eigenvalue weighted by molar-refractivity contribution is 7.15. The van der Waals surface area contributed by atoms with Gasteiger partial charge in [0.2, 0.25) is 5.91 Å². The molecule has 1 aliphatic heterocycles. The zero-order chi connectivity index (χ0) is 24.1. The number of rotatable bonds is 7. The molecule has 1 N–H and O–H groups in total. The Morgan fingerprint density at radius 1 is 0.971 bits per heavy atom. The molecule has 0 radical (unpaired) electrons. The first kappa shape index (κ1) is 24.1. The van der Waals surface area contributed by atoms with Gasteiger partial charge in [0.1, 0.15) is 10.6 Å². The number of ether oxygens (including phenoxy) is 1. The third kappa shape index (κ3) is 5.73. The summed E-state index contributed by atoms with van der Waals surface area (Å²) in [5.74, 6) is -0.557. The highest BCUT2D eigenvalue weighted by Crippen LogP contribution is 2.38. The number of hydrogen-bond acceptors (Lipinski definition) is 6. The number of carbonyl (C=O) groups excluding carboxylic acids is 2. The predicted octanol–water partition coefficient (Wildman–Crippen LogP) is 4.57. The summed E-state index contributed by atoms with van der Waals surface area (Å²) in [6.07, 6.45) is 0. The Morgan fingerprint density at radius 2 is 1.68 bits per heavy atom. The molecule has 1 amide bonds. The van der Waals surface area contributed by atoms with Gasteiger partial charge in [-0.3, -0.25) is 14.6 Å². The summed E-state index contributed by atoms with van der Waals surface area (Å²) in [5, 5.41) is 5.43. The SMILES string of the molecule is COC(=O)c1c(-c2cc(C)ccc2C)csc1NC(=O)CN1CCN(Cc2ccccc2)CC1. The Kier molecular flexibility index (Phi) is 7.77. The van der Waals surface area contributed by atoms with Gasteiger partial charge >= 0.3 is 5.97 Å². The Hall–Kier alpha value is -3.00. The third-order valence-electron chi connectivity index (χ3n) is 6.20. The molecule has 0 saturated carbocycles. The average molecular weight is 478 g/mol. The van der Waals surface area contributed by atoms with Gasteiger partial charge in [-0.2, -0.15) is 0 Å². The van der Waals surface area contributed by atoms with Crippen molar-refractivity contribution in [1.82, 2.24) is 9.80 Å². The topological polar surface area (TPSA) is 61.9 Å². The monoisotopic (exact) mass is 477 g/mol. The number of amides is 1. The number of carbonyl (C=O) groups is 2. The van der Waals surface area contributed by atoms with E-state index in [-0.39, 0.29) is 5.91 Å². The minimum Gasteiger partial charge on any atom is -0.465 e. The van der Waals surface area contributed by atoms with Crippen LogP contribution in [0.2, 0.25) is 0 Å². The molecule has 0 bridgehead atoms. The highest BCUT2D eigenvalue weighted by atomic mass is 32.1. The van der Waals surface area contributed by atoms with Crippen LogP contribution in [0.25, 0.3) is 11.1 Å². The number of nitrogens with one attached hydrogen (secondary N) is 1. The van der Waals surface area contributed by atoms with Crippen LogP contribution in [0, 0.1) is 13.8 Å². The van der Waals surface area contributed by atoms with E-state index in [4.69, 9.17) is 4.74 Å². The lowest BCUT2D eigenvalue weighted by atomic mass is 9.97. The van der Waals surface area contributed by atoms with E-state index < -0.39 is 5.97 Å². The van der Waals surface area contributed by atoms with Crippen LogP contribution >= 0.6 is 11.3 Å². The molecule has 4 rings (SSSR count). The lowest BCUT2D eigenvalue weighted by Crippen LogP contribution is -2.48. The number of esters is 1. The predicted molar refractivity (Wildman–Crippen MR) is 137 cm³/mol. The lowest BCUT2D eigenvalue weighted by Gasteiger charge is -2.34. The maximum Gasteiger partial charge on any atom is 0.341 e. The van der Waals surface area contributed by atoms with Gasteiger partial charge in [0.05, 0.1) is 13.7 Å². The molecule has 2 aromatic carbocycles. The van der Waals surface area contributed by atoms with Crippen molar-refractivity contribution in [2.75, 3.05) is 45.2 Å². The van der Waals surface area contributed by atoms with E-state index in [1.165, 1.54) is 24.0 Å². The largest absolute Gasteiger partial charge is 0.465 e. The van der Waals surface area contributed by atoms with Gasteiger partial charge in [-0.25, -0.2) is 4.79 Å². The molecular formula is C27H31N3O3S. The van der Waals surface area contributed by atoms with Gasteiger partial charge in [-0.05, 0) is 30.5 Å². The van der Waals surface area contributed by atoms with Crippen LogP contribution in [-0.4, -0.2) is 61.5 Å². The minimum absolute atomic E-state index is 0.115. The fraction of sp³-hybridized carbons (Fsp3) is 0.333. The number of anilines is 1. The first-order valence-electron chi connectivity index (χ1n) is 11.5. The van der Waals surface area contributed by atoms with Crippen molar-refractivity contribution in [1.29, 1.82) is 0 Å². The molecule has 7 heteroatoms. The number of benzene rings is 2. The molecule has 34 heavy (non-hydrogen) atoms. The van der Waals surface area contributed by atoms with Crippen LogP contribution in [0.5, 0.6) is 0 Å². The van der Waals surface area contributed by atoms with E-state index in [2.05, 4.69) is 45.4 Å². The number of methoxy groups -OCH3 is 1. The smallest absolute Gasteiger partial charge is 0.341 e. The van der Waals surface area contributed by atoms with Crippen molar-refractivity contribution in [3.63, 3.8) is 0 Å². The first-order chi connectivity index (χ1) is 16.4.